The molecule has 0 amide bonds. The van der Waals surface area contributed by atoms with Gasteiger partial charge < -0.3 is 0 Å². The lowest BCUT2D eigenvalue weighted by Gasteiger charge is -1.78. The lowest BCUT2D eigenvalue weighted by molar-refractivity contribution is 0.628. The second-order valence-electron chi connectivity index (χ2n) is 1.40. The van der Waals surface area contributed by atoms with E-state index >= 15 is 0 Å². The molecule has 0 bridgehead atoms. The topological polar surface area (TPSA) is 0 Å². The molecule has 0 spiro atoms. The zero-order chi connectivity index (χ0) is 7.82. The summed E-state index contributed by atoms with van der Waals surface area (Å²) >= 11 is 9.53. The van der Waals surface area contributed by atoms with E-state index in [-0.39, 0.29) is 23.6 Å². The Bertz CT molecular complexity index is 155. The van der Waals surface area contributed by atoms with Crippen LogP contribution in [0.1, 0.15) is 0 Å². The Hall–Kier alpha value is 0.0200. The van der Waals surface area contributed by atoms with Crippen LogP contribution >= 0.6 is 35.6 Å². The van der Waals surface area contributed by atoms with Crippen LogP contribution in [0.2, 0.25) is 0 Å². The number of hydrogen-bond donors (Lipinski definition) is 0. The Morgan fingerprint density at radius 3 is 1.64 bits per heavy atom. The maximum atomic E-state index is 11.9. The van der Waals surface area contributed by atoms with Crippen molar-refractivity contribution in [3.63, 3.8) is 0 Å². The van der Waals surface area contributed by atoms with Crippen molar-refractivity contribution in [3.05, 3.63) is 36.1 Å². The van der Waals surface area contributed by atoms with Gasteiger partial charge in [0.2, 0.25) is 0 Å². The van der Waals surface area contributed by atoms with Crippen molar-refractivity contribution in [2.45, 2.75) is 0 Å². The van der Waals surface area contributed by atoms with E-state index in [0.29, 0.717) is 0 Å². The minimum Gasteiger partial charge on any atom is -0.207 e. The molecule has 1 aromatic carbocycles. The number of halogens is 4. The third-order valence-electron chi connectivity index (χ3n) is 0.733. The Labute approximate surface area is 81.7 Å². The van der Waals surface area contributed by atoms with Crippen molar-refractivity contribution in [3.8, 4) is 0 Å². The van der Waals surface area contributed by atoms with E-state index in [1.54, 1.807) is 18.2 Å². The molecule has 0 aliphatic heterocycles. The molecular weight excluding hydrogens is 209 g/mol. The van der Waals surface area contributed by atoms with Gasteiger partial charge in [-0.05, 0) is 12.1 Å². The molecule has 1 rings (SSSR count). The van der Waals surface area contributed by atoms with Gasteiger partial charge in [0.05, 0.1) is 5.34 Å². The standard InChI is InChI=1S/C6H5F.CH2Cl2.ClH/c7-6-4-2-1-3-5-6;2-1-3;/h1-5H;1H2;1H. The van der Waals surface area contributed by atoms with Crippen molar-refractivity contribution in [1.82, 2.24) is 0 Å². The fraction of sp³-hybridized carbons (Fsp3) is 0.143. The summed E-state index contributed by atoms with van der Waals surface area (Å²) in [7, 11) is 0. The van der Waals surface area contributed by atoms with Gasteiger partial charge in [-0.1, -0.05) is 18.2 Å². The first-order valence-electron chi connectivity index (χ1n) is 2.63. The van der Waals surface area contributed by atoms with Crippen LogP contribution in [0.4, 0.5) is 4.39 Å². The first-order chi connectivity index (χ1) is 4.81. The minimum absolute atomic E-state index is 0. The zero-order valence-electron chi connectivity index (χ0n) is 5.64. The highest BCUT2D eigenvalue weighted by Gasteiger charge is 1.77. The average Bonchev–Trinajstić information content (AvgIpc) is 1.91. The maximum absolute atomic E-state index is 11.9. The normalized spacial score (nSPS) is 7.18. The maximum Gasteiger partial charge on any atom is 0.123 e. The lowest BCUT2D eigenvalue weighted by Crippen LogP contribution is -1.63. The van der Waals surface area contributed by atoms with Crippen molar-refractivity contribution >= 4 is 35.6 Å². The molecule has 0 aromatic heterocycles. The van der Waals surface area contributed by atoms with Crippen molar-refractivity contribution < 1.29 is 4.39 Å². The van der Waals surface area contributed by atoms with Crippen molar-refractivity contribution in [1.29, 1.82) is 0 Å². The summed E-state index contributed by atoms with van der Waals surface area (Å²) in [5.74, 6) is -0.178. The molecule has 0 saturated heterocycles. The second kappa shape index (κ2) is 10.0. The monoisotopic (exact) mass is 216 g/mol. The quantitative estimate of drug-likeness (QED) is 0.582. The molecule has 0 atom stereocenters. The van der Waals surface area contributed by atoms with E-state index < -0.39 is 0 Å². The van der Waals surface area contributed by atoms with Crippen LogP contribution in [0.3, 0.4) is 0 Å². The molecule has 4 heteroatoms. The third-order valence-corrected chi connectivity index (χ3v) is 0.733. The number of alkyl halides is 2. The summed E-state index contributed by atoms with van der Waals surface area (Å²) in [5, 5.41) is 0.194. The minimum atomic E-state index is -0.178. The van der Waals surface area contributed by atoms with Crippen LogP contribution in [0.25, 0.3) is 0 Å². The Morgan fingerprint density at radius 2 is 1.45 bits per heavy atom. The summed E-state index contributed by atoms with van der Waals surface area (Å²) in [6, 6.07) is 7.94. The van der Waals surface area contributed by atoms with Gasteiger partial charge in [0.1, 0.15) is 5.82 Å². The van der Waals surface area contributed by atoms with E-state index in [1.807, 2.05) is 0 Å². The molecule has 1 aromatic rings. The second-order valence-corrected chi connectivity index (χ2v) is 2.20. The van der Waals surface area contributed by atoms with E-state index in [2.05, 4.69) is 0 Å². The van der Waals surface area contributed by atoms with Gasteiger partial charge in [-0.2, -0.15) is 0 Å². The van der Waals surface area contributed by atoms with Gasteiger partial charge >= 0.3 is 0 Å². The highest BCUT2D eigenvalue weighted by molar-refractivity contribution is 6.40. The molecule has 0 unspecified atom stereocenters. The molecular formula is C7H8Cl3F. The van der Waals surface area contributed by atoms with Gasteiger partial charge in [-0.3, -0.25) is 0 Å². The summed E-state index contributed by atoms with van der Waals surface area (Å²) in [6.45, 7) is 0. The summed E-state index contributed by atoms with van der Waals surface area (Å²) in [4.78, 5) is 0. The fourth-order valence-corrected chi connectivity index (χ4v) is 0.415. The van der Waals surface area contributed by atoms with E-state index in [1.165, 1.54) is 12.1 Å². The van der Waals surface area contributed by atoms with Crippen LogP contribution in [0.15, 0.2) is 30.3 Å². The molecule has 0 fully saturated rings. The van der Waals surface area contributed by atoms with Crippen LogP contribution < -0.4 is 0 Å². The number of benzene rings is 1. The SMILES string of the molecule is Cl.ClCCl.Fc1ccccc1. The lowest BCUT2D eigenvalue weighted by atomic mass is 10.4. The van der Waals surface area contributed by atoms with Crippen LogP contribution in [0, 0.1) is 5.82 Å². The van der Waals surface area contributed by atoms with E-state index in [0.717, 1.165) is 0 Å². The van der Waals surface area contributed by atoms with Gasteiger partial charge in [0, 0.05) is 0 Å². The molecule has 0 N–H and O–H groups in total. The smallest absolute Gasteiger partial charge is 0.123 e. The highest BCUT2D eigenvalue weighted by Crippen LogP contribution is 1.91. The highest BCUT2D eigenvalue weighted by atomic mass is 35.5. The predicted octanol–water partition coefficient (Wildman–Crippen LogP) is 3.67. The summed E-state index contributed by atoms with van der Waals surface area (Å²) in [5.41, 5.74) is 0. The van der Waals surface area contributed by atoms with Gasteiger partial charge in [-0.15, -0.1) is 35.6 Å². The predicted molar refractivity (Wildman–Crippen MR) is 50.2 cm³/mol. The molecule has 64 valence electrons. The molecule has 11 heavy (non-hydrogen) atoms. The molecule has 0 aliphatic rings. The Morgan fingerprint density at radius 1 is 1.09 bits per heavy atom. The van der Waals surface area contributed by atoms with Gasteiger partial charge in [0.15, 0.2) is 0 Å². The first-order valence-corrected chi connectivity index (χ1v) is 3.70. The fourth-order valence-electron chi connectivity index (χ4n) is 0.415. The number of rotatable bonds is 0. The van der Waals surface area contributed by atoms with E-state index in [4.69, 9.17) is 23.2 Å². The summed E-state index contributed by atoms with van der Waals surface area (Å²) in [6.07, 6.45) is 0. The third kappa shape index (κ3) is 10.0. The van der Waals surface area contributed by atoms with Gasteiger partial charge in [0.25, 0.3) is 0 Å². The zero-order valence-corrected chi connectivity index (χ0v) is 7.96. The first kappa shape index (κ1) is 13.6. The molecule has 0 aliphatic carbocycles. The van der Waals surface area contributed by atoms with Crippen LogP contribution in [-0.2, 0) is 0 Å². The van der Waals surface area contributed by atoms with Crippen molar-refractivity contribution in [2.24, 2.45) is 0 Å². The molecule has 0 radical (unpaired) electrons. The van der Waals surface area contributed by atoms with Crippen LogP contribution in [0.5, 0.6) is 0 Å². The van der Waals surface area contributed by atoms with Crippen molar-refractivity contribution in [2.75, 3.05) is 5.34 Å². The van der Waals surface area contributed by atoms with Gasteiger partial charge in [-0.25, -0.2) is 4.39 Å². The van der Waals surface area contributed by atoms with E-state index in [9.17, 15) is 4.39 Å². The molecule has 0 saturated carbocycles. The number of hydrogen-bond acceptors (Lipinski definition) is 0. The average molecular weight is 217 g/mol. The molecule has 0 nitrogen and oxygen atoms in total. The Kier molecular flexibility index (Phi) is 12.4. The van der Waals surface area contributed by atoms with Crippen LogP contribution in [-0.4, -0.2) is 5.34 Å². The Balaban J connectivity index is 0. The molecule has 0 heterocycles. The summed E-state index contributed by atoms with van der Waals surface area (Å²) < 4.78 is 11.9. The largest absolute Gasteiger partial charge is 0.207 e.